The number of H-pyrrole nitrogens is 1. The lowest BCUT2D eigenvalue weighted by Crippen LogP contribution is -2.28. The molecule has 5 heteroatoms. The minimum absolute atomic E-state index is 0.122. The molecule has 0 saturated heterocycles. The fraction of sp³-hybridized carbons (Fsp3) is 0.444. The Bertz CT molecular complexity index is 714. The fourth-order valence-corrected chi connectivity index (χ4v) is 3.04. The maximum atomic E-state index is 14.1. The molecule has 1 saturated carbocycles. The number of hydrogen-bond acceptors (Lipinski definition) is 2. The number of carbonyl (C=O) groups is 1. The maximum absolute atomic E-state index is 14.1. The number of halogens is 1. The molecule has 2 aromatic rings. The SMILES string of the molecule is Cc1n[nH]c(C)c1C(C)C(=O)NCc1ccc(C2CC2)cc1F. The number of rotatable bonds is 5. The third-order valence-corrected chi connectivity index (χ3v) is 4.59. The van der Waals surface area contributed by atoms with Gasteiger partial charge >= 0.3 is 0 Å². The Kier molecular flexibility index (Phi) is 4.20. The van der Waals surface area contributed by atoms with Crippen LogP contribution in [0.1, 0.15) is 59.7 Å². The highest BCUT2D eigenvalue weighted by Gasteiger charge is 2.24. The summed E-state index contributed by atoms with van der Waals surface area (Å²) in [7, 11) is 0. The van der Waals surface area contributed by atoms with Crippen molar-refractivity contribution in [2.24, 2.45) is 0 Å². The highest BCUT2D eigenvalue weighted by molar-refractivity contribution is 5.83. The second-order valence-electron chi connectivity index (χ2n) is 6.41. The third-order valence-electron chi connectivity index (χ3n) is 4.59. The molecule has 1 atom stereocenters. The number of aryl methyl sites for hydroxylation is 2. The molecule has 3 rings (SSSR count). The lowest BCUT2D eigenvalue weighted by atomic mass is 9.98. The molecular weight excluding hydrogens is 293 g/mol. The van der Waals surface area contributed by atoms with Crippen LogP contribution in [0.2, 0.25) is 0 Å². The first kappa shape index (κ1) is 15.7. The van der Waals surface area contributed by atoms with Crippen LogP contribution in [0.25, 0.3) is 0 Å². The van der Waals surface area contributed by atoms with E-state index in [2.05, 4.69) is 15.5 Å². The minimum atomic E-state index is -0.317. The monoisotopic (exact) mass is 315 g/mol. The van der Waals surface area contributed by atoms with Crippen molar-refractivity contribution in [1.29, 1.82) is 0 Å². The van der Waals surface area contributed by atoms with Crippen molar-refractivity contribution in [3.8, 4) is 0 Å². The third kappa shape index (κ3) is 3.28. The largest absolute Gasteiger partial charge is 0.351 e. The molecule has 0 spiro atoms. The maximum Gasteiger partial charge on any atom is 0.227 e. The van der Waals surface area contributed by atoms with Crippen LogP contribution in [-0.2, 0) is 11.3 Å². The normalized spacial score (nSPS) is 15.5. The Morgan fingerprint density at radius 2 is 2.17 bits per heavy atom. The van der Waals surface area contributed by atoms with Gasteiger partial charge in [0.05, 0.1) is 11.6 Å². The fourth-order valence-electron chi connectivity index (χ4n) is 3.04. The first-order valence-corrected chi connectivity index (χ1v) is 8.05. The van der Waals surface area contributed by atoms with Gasteiger partial charge in [0.15, 0.2) is 0 Å². The summed E-state index contributed by atoms with van der Waals surface area (Å²) < 4.78 is 14.1. The van der Waals surface area contributed by atoms with Crippen molar-refractivity contribution < 1.29 is 9.18 Å². The lowest BCUT2D eigenvalue weighted by molar-refractivity contribution is -0.122. The van der Waals surface area contributed by atoms with Gasteiger partial charge < -0.3 is 5.32 Å². The molecule has 23 heavy (non-hydrogen) atoms. The molecule has 0 radical (unpaired) electrons. The molecule has 122 valence electrons. The van der Waals surface area contributed by atoms with Gasteiger partial charge in [0.25, 0.3) is 0 Å². The predicted molar refractivity (Wildman–Crippen MR) is 86.7 cm³/mol. The van der Waals surface area contributed by atoms with Crippen molar-refractivity contribution in [2.75, 3.05) is 0 Å². The van der Waals surface area contributed by atoms with E-state index in [0.717, 1.165) is 35.4 Å². The van der Waals surface area contributed by atoms with Gasteiger partial charge in [0.2, 0.25) is 5.91 Å². The molecule has 1 aliphatic carbocycles. The topological polar surface area (TPSA) is 57.8 Å². The summed E-state index contributed by atoms with van der Waals surface area (Å²) in [5, 5.41) is 9.83. The Hall–Kier alpha value is -2.17. The molecule has 1 aliphatic rings. The predicted octanol–water partition coefficient (Wildman–Crippen LogP) is 3.46. The van der Waals surface area contributed by atoms with Crippen LogP contribution in [0.15, 0.2) is 18.2 Å². The molecule has 0 bridgehead atoms. The number of hydrogen-bond donors (Lipinski definition) is 2. The molecule has 1 heterocycles. The smallest absolute Gasteiger partial charge is 0.227 e. The van der Waals surface area contributed by atoms with Gasteiger partial charge in [0, 0.05) is 23.4 Å². The molecule has 1 amide bonds. The summed E-state index contributed by atoms with van der Waals surface area (Å²) in [6.07, 6.45) is 2.30. The van der Waals surface area contributed by atoms with E-state index in [4.69, 9.17) is 0 Å². The lowest BCUT2D eigenvalue weighted by Gasteiger charge is -2.13. The molecule has 2 N–H and O–H groups in total. The van der Waals surface area contributed by atoms with Crippen molar-refractivity contribution in [3.05, 3.63) is 52.1 Å². The Morgan fingerprint density at radius 3 is 2.74 bits per heavy atom. The number of amides is 1. The van der Waals surface area contributed by atoms with Gasteiger partial charge in [-0.15, -0.1) is 0 Å². The van der Waals surface area contributed by atoms with E-state index in [1.807, 2.05) is 26.8 Å². The van der Waals surface area contributed by atoms with Crippen LogP contribution in [0.4, 0.5) is 4.39 Å². The summed E-state index contributed by atoms with van der Waals surface area (Å²) in [4.78, 5) is 12.3. The summed E-state index contributed by atoms with van der Waals surface area (Å²) in [5.74, 6) is -0.149. The summed E-state index contributed by atoms with van der Waals surface area (Å²) >= 11 is 0. The molecule has 1 aromatic carbocycles. The molecule has 0 aliphatic heterocycles. The molecule has 1 aromatic heterocycles. The highest BCUT2D eigenvalue weighted by atomic mass is 19.1. The highest BCUT2D eigenvalue weighted by Crippen LogP contribution is 2.40. The van der Waals surface area contributed by atoms with E-state index in [9.17, 15) is 9.18 Å². The number of carbonyl (C=O) groups excluding carboxylic acids is 1. The van der Waals surface area contributed by atoms with E-state index in [-0.39, 0.29) is 24.2 Å². The van der Waals surface area contributed by atoms with Crippen molar-refractivity contribution in [3.63, 3.8) is 0 Å². The second-order valence-corrected chi connectivity index (χ2v) is 6.41. The summed E-state index contributed by atoms with van der Waals surface area (Å²) in [6, 6.07) is 5.35. The quantitative estimate of drug-likeness (QED) is 0.887. The zero-order chi connectivity index (χ0) is 16.6. The van der Waals surface area contributed by atoms with Gasteiger partial charge in [0.1, 0.15) is 5.82 Å². The van der Waals surface area contributed by atoms with E-state index in [1.54, 1.807) is 12.1 Å². The number of benzene rings is 1. The number of aromatic amines is 1. The standard InChI is InChI=1S/C18H22FN3O/c1-10(17-11(2)21-22-12(17)3)18(23)20-9-15-7-6-14(8-16(15)19)13-4-5-13/h6-8,10,13H,4-5,9H2,1-3H3,(H,20,23)(H,21,22). The Balaban J connectivity index is 1.64. The van der Waals surface area contributed by atoms with Gasteiger partial charge in [-0.3, -0.25) is 9.89 Å². The molecule has 1 unspecified atom stereocenters. The number of nitrogens with zero attached hydrogens (tertiary/aromatic N) is 1. The first-order valence-electron chi connectivity index (χ1n) is 8.05. The van der Waals surface area contributed by atoms with E-state index < -0.39 is 0 Å². The Labute approximate surface area is 135 Å². The minimum Gasteiger partial charge on any atom is -0.351 e. The second kappa shape index (κ2) is 6.14. The average Bonchev–Trinajstić information content (AvgIpc) is 3.31. The van der Waals surface area contributed by atoms with Crippen LogP contribution in [0, 0.1) is 19.7 Å². The molecule has 1 fully saturated rings. The summed E-state index contributed by atoms with van der Waals surface area (Å²) in [5.41, 5.74) is 4.22. The Morgan fingerprint density at radius 1 is 1.43 bits per heavy atom. The number of nitrogens with one attached hydrogen (secondary N) is 2. The van der Waals surface area contributed by atoms with Crippen LogP contribution in [0.5, 0.6) is 0 Å². The summed E-state index contributed by atoms with van der Waals surface area (Å²) in [6.45, 7) is 5.82. The zero-order valence-electron chi connectivity index (χ0n) is 13.7. The average molecular weight is 315 g/mol. The van der Waals surface area contributed by atoms with Crippen molar-refractivity contribution in [1.82, 2.24) is 15.5 Å². The van der Waals surface area contributed by atoms with Crippen molar-refractivity contribution >= 4 is 5.91 Å². The van der Waals surface area contributed by atoms with E-state index in [1.165, 1.54) is 0 Å². The van der Waals surface area contributed by atoms with E-state index in [0.29, 0.717) is 11.5 Å². The van der Waals surface area contributed by atoms with Crippen LogP contribution in [0.3, 0.4) is 0 Å². The van der Waals surface area contributed by atoms with Gasteiger partial charge in [-0.2, -0.15) is 5.10 Å². The van der Waals surface area contributed by atoms with Crippen LogP contribution >= 0.6 is 0 Å². The first-order chi connectivity index (χ1) is 11.0. The van der Waals surface area contributed by atoms with E-state index >= 15 is 0 Å². The zero-order valence-corrected chi connectivity index (χ0v) is 13.7. The molecule has 4 nitrogen and oxygen atoms in total. The van der Waals surface area contributed by atoms with Gasteiger partial charge in [-0.05, 0) is 51.2 Å². The van der Waals surface area contributed by atoms with Gasteiger partial charge in [-0.1, -0.05) is 12.1 Å². The van der Waals surface area contributed by atoms with Crippen molar-refractivity contribution in [2.45, 2.75) is 52.0 Å². The molecular formula is C18H22FN3O. The van der Waals surface area contributed by atoms with Crippen LogP contribution < -0.4 is 5.32 Å². The van der Waals surface area contributed by atoms with Crippen LogP contribution in [-0.4, -0.2) is 16.1 Å². The van der Waals surface area contributed by atoms with Gasteiger partial charge in [-0.25, -0.2) is 4.39 Å². The number of aromatic nitrogens is 2.